The van der Waals surface area contributed by atoms with Gasteiger partial charge in [0.1, 0.15) is 0 Å². The van der Waals surface area contributed by atoms with E-state index in [1.54, 1.807) is 31.2 Å². The number of halogens is 2. The molecule has 0 atom stereocenters. The minimum atomic E-state index is -1.49. The van der Waals surface area contributed by atoms with E-state index in [1.807, 2.05) is 0 Å². The second kappa shape index (κ2) is 9.08. The van der Waals surface area contributed by atoms with Gasteiger partial charge in [-0.2, -0.15) is 0 Å². The summed E-state index contributed by atoms with van der Waals surface area (Å²) in [6.45, 7) is 9.65. The summed E-state index contributed by atoms with van der Waals surface area (Å²) in [5.41, 5.74) is 1.73. The molecule has 0 saturated carbocycles. The van der Waals surface area contributed by atoms with E-state index in [4.69, 9.17) is 21.1 Å². The molecule has 0 aliphatic rings. The lowest BCUT2D eigenvalue weighted by Gasteiger charge is -2.18. The van der Waals surface area contributed by atoms with Crippen LogP contribution in [0.1, 0.15) is 28.5 Å². The average molecular weight is 476 g/mol. The molecule has 0 aliphatic heterocycles. The number of hydrogen-bond donors (Lipinski definition) is 0. The van der Waals surface area contributed by atoms with Crippen molar-refractivity contribution < 1.29 is 23.5 Å². The highest BCUT2D eigenvalue weighted by molar-refractivity contribution is 6.76. The van der Waals surface area contributed by atoms with Crippen molar-refractivity contribution >= 4 is 42.5 Å². The van der Waals surface area contributed by atoms with E-state index < -0.39 is 19.9 Å². The van der Waals surface area contributed by atoms with Gasteiger partial charge in [0.05, 0.1) is 23.7 Å². The summed E-state index contributed by atoms with van der Waals surface area (Å²) in [5.74, 6) is -1.10. The number of nitrogens with zero attached hydrogens (tertiary/aromatic N) is 1. The highest BCUT2D eigenvalue weighted by atomic mass is 35.5. The van der Waals surface area contributed by atoms with E-state index in [2.05, 4.69) is 19.6 Å². The van der Waals surface area contributed by atoms with Crippen molar-refractivity contribution in [1.82, 2.24) is 4.57 Å². The van der Waals surface area contributed by atoms with Crippen molar-refractivity contribution in [1.29, 1.82) is 0 Å². The maximum atomic E-state index is 15.1. The number of carbonyl (C=O) groups excluding carboxylic acids is 2. The quantitative estimate of drug-likeness (QED) is 0.312. The second-order valence-electron chi connectivity index (χ2n) is 8.98. The molecule has 3 rings (SSSR count). The topological polar surface area (TPSA) is 57.5 Å². The summed E-state index contributed by atoms with van der Waals surface area (Å²) in [5, 5.41) is 1.03. The zero-order chi connectivity index (χ0) is 23.8. The van der Waals surface area contributed by atoms with Crippen LogP contribution < -0.4 is 9.47 Å². The molecule has 0 unspecified atom stereocenters. The molecule has 0 N–H and O–H groups in total. The first-order chi connectivity index (χ1) is 14.9. The molecule has 0 bridgehead atoms. The molecule has 0 radical (unpaired) electrons. The van der Waals surface area contributed by atoms with Crippen molar-refractivity contribution in [2.24, 2.45) is 0 Å². The molecule has 0 amide bonds. The van der Waals surface area contributed by atoms with E-state index in [0.29, 0.717) is 39.2 Å². The maximum absolute atomic E-state index is 15.1. The molecule has 32 heavy (non-hydrogen) atoms. The summed E-state index contributed by atoms with van der Waals surface area (Å²) in [6, 6.07) is 8.58. The fourth-order valence-corrected chi connectivity index (χ4v) is 4.90. The molecule has 2 aromatic carbocycles. The van der Waals surface area contributed by atoms with Gasteiger partial charge >= 0.3 is 5.97 Å². The summed E-state index contributed by atoms with van der Waals surface area (Å²) >= 11 is 5.96. The molecule has 0 spiro atoms. The van der Waals surface area contributed by atoms with Crippen molar-refractivity contribution in [3.63, 3.8) is 0 Å². The lowest BCUT2D eigenvalue weighted by Crippen LogP contribution is -2.20. The standard InChI is InChI=1S/C24H27ClFNO4Si/c1-14-22(31-15(2)28)21-18(11-12-32(4,5)6)23(30-3)19(26)13-20(21)27(14)24(29)16-7-9-17(25)10-8-16/h7-10,13H,11-12H2,1-6H3. The molecule has 1 aromatic heterocycles. The van der Waals surface area contributed by atoms with Crippen LogP contribution in [0.2, 0.25) is 30.7 Å². The molecule has 8 heteroatoms. The van der Waals surface area contributed by atoms with Crippen LogP contribution in [0.4, 0.5) is 4.39 Å². The van der Waals surface area contributed by atoms with Crippen molar-refractivity contribution in [3.05, 3.63) is 58.0 Å². The van der Waals surface area contributed by atoms with Gasteiger partial charge in [-0.05, 0) is 37.6 Å². The van der Waals surface area contributed by atoms with Crippen LogP contribution in [0.5, 0.6) is 11.5 Å². The Hall–Kier alpha value is -2.64. The third kappa shape index (κ3) is 4.73. The van der Waals surface area contributed by atoms with Gasteiger partial charge in [-0.25, -0.2) is 4.39 Å². The van der Waals surface area contributed by atoms with Crippen LogP contribution in [0, 0.1) is 12.7 Å². The predicted molar refractivity (Wildman–Crippen MR) is 128 cm³/mol. The van der Waals surface area contributed by atoms with Crippen LogP contribution in [-0.2, 0) is 11.2 Å². The van der Waals surface area contributed by atoms with E-state index in [1.165, 1.54) is 24.7 Å². The summed E-state index contributed by atoms with van der Waals surface area (Å²) in [4.78, 5) is 25.3. The number of rotatable bonds is 6. The Bertz CT molecular complexity index is 1200. The number of esters is 1. The molecule has 1 heterocycles. The first-order valence-electron chi connectivity index (χ1n) is 10.3. The number of fused-ring (bicyclic) bond motifs is 1. The molecular formula is C24H27ClFNO4Si. The largest absolute Gasteiger partial charge is 0.493 e. The number of methoxy groups -OCH3 is 1. The van der Waals surface area contributed by atoms with Gasteiger partial charge in [0.15, 0.2) is 17.3 Å². The summed E-state index contributed by atoms with van der Waals surface area (Å²) in [6.07, 6.45) is 0.542. The molecular weight excluding hydrogens is 449 g/mol. The fraction of sp³-hybridized carbons (Fsp3) is 0.333. The Labute approximate surface area is 193 Å². The van der Waals surface area contributed by atoms with E-state index in [9.17, 15) is 9.59 Å². The normalized spacial score (nSPS) is 11.6. The number of aryl methyl sites for hydroxylation is 1. The van der Waals surface area contributed by atoms with E-state index >= 15 is 4.39 Å². The lowest BCUT2D eigenvalue weighted by molar-refractivity contribution is -0.131. The second-order valence-corrected chi connectivity index (χ2v) is 15.0. The summed E-state index contributed by atoms with van der Waals surface area (Å²) < 4.78 is 27.5. The first kappa shape index (κ1) is 24.0. The number of ether oxygens (including phenoxy) is 2. The van der Waals surface area contributed by atoms with E-state index in [0.717, 1.165) is 6.04 Å². The zero-order valence-electron chi connectivity index (χ0n) is 19.1. The maximum Gasteiger partial charge on any atom is 0.308 e. The zero-order valence-corrected chi connectivity index (χ0v) is 20.9. The minimum Gasteiger partial charge on any atom is -0.493 e. The van der Waals surface area contributed by atoms with Gasteiger partial charge in [0.25, 0.3) is 5.91 Å². The molecule has 170 valence electrons. The van der Waals surface area contributed by atoms with Crippen LogP contribution in [-0.4, -0.2) is 31.6 Å². The van der Waals surface area contributed by atoms with Crippen molar-refractivity contribution in [2.75, 3.05) is 7.11 Å². The third-order valence-electron chi connectivity index (χ3n) is 5.31. The highest BCUT2D eigenvalue weighted by Crippen LogP contribution is 2.42. The van der Waals surface area contributed by atoms with Crippen molar-refractivity contribution in [2.45, 2.75) is 46.0 Å². The molecule has 5 nitrogen and oxygen atoms in total. The molecule has 0 aliphatic carbocycles. The fourth-order valence-electron chi connectivity index (χ4n) is 3.77. The van der Waals surface area contributed by atoms with Crippen molar-refractivity contribution in [3.8, 4) is 11.5 Å². The highest BCUT2D eigenvalue weighted by Gasteiger charge is 2.28. The van der Waals surface area contributed by atoms with Crippen LogP contribution in [0.25, 0.3) is 10.9 Å². The molecule has 3 aromatic rings. The third-order valence-corrected chi connectivity index (χ3v) is 7.32. The number of benzene rings is 2. The van der Waals surface area contributed by atoms with Crippen LogP contribution in [0.15, 0.2) is 30.3 Å². The Balaban J connectivity index is 2.35. The van der Waals surface area contributed by atoms with Gasteiger partial charge in [-0.1, -0.05) is 37.3 Å². The van der Waals surface area contributed by atoms with Gasteiger partial charge < -0.3 is 9.47 Å². The van der Waals surface area contributed by atoms with Gasteiger partial charge in [-0.15, -0.1) is 0 Å². The molecule has 0 saturated heterocycles. The number of aromatic nitrogens is 1. The smallest absolute Gasteiger partial charge is 0.308 e. The Morgan fingerprint density at radius 1 is 1.12 bits per heavy atom. The monoisotopic (exact) mass is 475 g/mol. The Morgan fingerprint density at radius 2 is 1.75 bits per heavy atom. The Kier molecular flexibility index (Phi) is 6.81. The average Bonchev–Trinajstić information content (AvgIpc) is 2.96. The first-order valence-corrected chi connectivity index (χ1v) is 14.4. The Morgan fingerprint density at radius 3 is 2.28 bits per heavy atom. The van der Waals surface area contributed by atoms with Gasteiger partial charge in [0, 0.05) is 37.2 Å². The van der Waals surface area contributed by atoms with E-state index in [-0.39, 0.29) is 17.4 Å². The SMILES string of the molecule is COc1c(F)cc2c(c1CC[Si](C)(C)C)c(OC(C)=O)c(C)n2C(=O)c1ccc(Cl)cc1. The van der Waals surface area contributed by atoms with Crippen LogP contribution in [0.3, 0.4) is 0 Å². The number of hydrogen-bond acceptors (Lipinski definition) is 4. The lowest BCUT2D eigenvalue weighted by atomic mass is 10.0. The predicted octanol–water partition coefficient (Wildman–Crippen LogP) is 6.25. The summed E-state index contributed by atoms with van der Waals surface area (Å²) in [7, 11) is -0.0753. The minimum absolute atomic E-state index is 0.111. The number of carbonyl (C=O) groups is 2. The molecule has 0 fully saturated rings. The van der Waals surface area contributed by atoms with Crippen LogP contribution >= 0.6 is 11.6 Å². The van der Waals surface area contributed by atoms with Gasteiger partial charge in [0.2, 0.25) is 0 Å². The van der Waals surface area contributed by atoms with Gasteiger partial charge in [-0.3, -0.25) is 14.2 Å².